The average molecular weight is 366 g/mol. The highest BCUT2D eigenvalue weighted by atomic mass is 32.2. The van der Waals surface area contributed by atoms with Gasteiger partial charge in [0, 0.05) is 18.7 Å². The largest absolute Gasteiger partial charge is 0.497 e. The molecule has 2 aromatic rings. The molecule has 0 heterocycles. The Hall–Kier alpha value is -2.61. The zero-order chi connectivity index (χ0) is 18.4. The maximum atomic E-state index is 13.1. The number of carbonyl (C=O) groups excluding carboxylic acids is 1. The molecule has 0 bridgehead atoms. The van der Waals surface area contributed by atoms with Gasteiger partial charge in [-0.3, -0.25) is 9.10 Å². The quantitative estimate of drug-likeness (QED) is 0.817. The highest BCUT2D eigenvalue weighted by Gasteiger charge is 2.18. The lowest BCUT2D eigenvalue weighted by atomic mass is 10.2. The lowest BCUT2D eigenvalue weighted by Crippen LogP contribution is -2.33. The van der Waals surface area contributed by atoms with Crippen LogP contribution in [0.1, 0.15) is 6.42 Å². The molecule has 0 saturated heterocycles. The van der Waals surface area contributed by atoms with Crippen LogP contribution >= 0.6 is 0 Å². The van der Waals surface area contributed by atoms with E-state index in [-0.39, 0.29) is 13.0 Å². The molecule has 0 aromatic heterocycles. The molecule has 2 aromatic carbocycles. The Morgan fingerprint density at radius 1 is 1.20 bits per heavy atom. The van der Waals surface area contributed by atoms with Crippen LogP contribution in [0.5, 0.6) is 5.75 Å². The minimum Gasteiger partial charge on any atom is -0.497 e. The molecular formula is C17H19FN2O4S. The van der Waals surface area contributed by atoms with Gasteiger partial charge in [-0.25, -0.2) is 12.8 Å². The Labute approximate surface area is 146 Å². The molecule has 0 unspecified atom stereocenters. The highest BCUT2D eigenvalue weighted by molar-refractivity contribution is 7.92. The van der Waals surface area contributed by atoms with E-state index < -0.39 is 21.7 Å². The van der Waals surface area contributed by atoms with E-state index in [1.54, 1.807) is 30.3 Å². The standard InChI is InChI=1S/C17H19FN2O4S/c1-24-16-8-6-15(7-9-16)20(25(2,22)23)11-10-17(21)19-14-5-3-4-13(18)12-14/h3-9,12H,10-11H2,1-2H3,(H,19,21). The van der Waals surface area contributed by atoms with Gasteiger partial charge in [-0.05, 0) is 42.5 Å². The summed E-state index contributed by atoms with van der Waals surface area (Å²) in [7, 11) is -2.05. The maximum Gasteiger partial charge on any atom is 0.232 e. The number of ether oxygens (including phenoxy) is 1. The molecule has 0 aliphatic carbocycles. The van der Waals surface area contributed by atoms with Crippen LogP contribution in [0.2, 0.25) is 0 Å². The lowest BCUT2D eigenvalue weighted by Gasteiger charge is -2.22. The maximum absolute atomic E-state index is 13.1. The smallest absolute Gasteiger partial charge is 0.232 e. The van der Waals surface area contributed by atoms with Gasteiger partial charge in [0.05, 0.1) is 19.1 Å². The molecule has 0 atom stereocenters. The molecule has 2 rings (SSSR count). The molecule has 0 spiro atoms. The molecule has 8 heteroatoms. The summed E-state index contributed by atoms with van der Waals surface area (Å²) >= 11 is 0. The third-order valence-electron chi connectivity index (χ3n) is 3.41. The first-order valence-electron chi connectivity index (χ1n) is 7.47. The van der Waals surface area contributed by atoms with Gasteiger partial charge in [0.1, 0.15) is 11.6 Å². The van der Waals surface area contributed by atoms with E-state index in [0.29, 0.717) is 17.1 Å². The number of anilines is 2. The summed E-state index contributed by atoms with van der Waals surface area (Å²) in [6, 6.07) is 12.0. The number of amides is 1. The van der Waals surface area contributed by atoms with Gasteiger partial charge in [-0.1, -0.05) is 6.07 Å². The first-order chi connectivity index (χ1) is 11.8. The van der Waals surface area contributed by atoms with E-state index in [4.69, 9.17) is 4.74 Å². The van der Waals surface area contributed by atoms with Crippen LogP contribution in [0.15, 0.2) is 48.5 Å². The van der Waals surface area contributed by atoms with E-state index in [9.17, 15) is 17.6 Å². The number of nitrogens with one attached hydrogen (secondary N) is 1. The van der Waals surface area contributed by atoms with E-state index in [0.717, 1.165) is 10.6 Å². The summed E-state index contributed by atoms with van der Waals surface area (Å²) < 4.78 is 43.3. The van der Waals surface area contributed by atoms with Crippen molar-refractivity contribution in [1.29, 1.82) is 0 Å². The van der Waals surface area contributed by atoms with Crippen molar-refractivity contribution in [3.63, 3.8) is 0 Å². The zero-order valence-electron chi connectivity index (χ0n) is 13.9. The molecule has 0 aliphatic heterocycles. The van der Waals surface area contributed by atoms with Crippen molar-refractivity contribution in [3.05, 3.63) is 54.3 Å². The van der Waals surface area contributed by atoms with Gasteiger partial charge in [0.2, 0.25) is 15.9 Å². The van der Waals surface area contributed by atoms with E-state index in [2.05, 4.69) is 5.32 Å². The number of benzene rings is 2. The van der Waals surface area contributed by atoms with E-state index in [1.807, 2.05) is 0 Å². The molecular weight excluding hydrogens is 347 g/mol. The third-order valence-corrected chi connectivity index (χ3v) is 4.61. The van der Waals surface area contributed by atoms with Crippen molar-refractivity contribution in [1.82, 2.24) is 0 Å². The van der Waals surface area contributed by atoms with Crippen molar-refractivity contribution in [3.8, 4) is 5.75 Å². The first kappa shape index (κ1) is 18.7. The van der Waals surface area contributed by atoms with Crippen molar-refractivity contribution in [2.24, 2.45) is 0 Å². The number of nitrogens with zero attached hydrogens (tertiary/aromatic N) is 1. The van der Waals surface area contributed by atoms with Crippen molar-refractivity contribution >= 4 is 27.3 Å². The number of hydrogen-bond donors (Lipinski definition) is 1. The summed E-state index contributed by atoms with van der Waals surface area (Å²) in [5, 5.41) is 2.54. The van der Waals surface area contributed by atoms with Crippen LogP contribution in [-0.4, -0.2) is 34.2 Å². The number of sulfonamides is 1. The molecule has 0 saturated carbocycles. The second kappa shape index (κ2) is 7.98. The molecule has 25 heavy (non-hydrogen) atoms. The molecule has 6 nitrogen and oxygen atoms in total. The first-order valence-corrected chi connectivity index (χ1v) is 9.31. The van der Waals surface area contributed by atoms with E-state index >= 15 is 0 Å². The van der Waals surface area contributed by atoms with Crippen molar-refractivity contribution < 1.29 is 22.3 Å². The highest BCUT2D eigenvalue weighted by Crippen LogP contribution is 2.21. The van der Waals surface area contributed by atoms with Crippen LogP contribution in [0.3, 0.4) is 0 Å². The summed E-state index contributed by atoms with van der Waals surface area (Å²) in [5.74, 6) is -0.275. The monoisotopic (exact) mass is 366 g/mol. The van der Waals surface area contributed by atoms with Gasteiger partial charge in [-0.15, -0.1) is 0 Å². The van der Waals surface area contributed by atoms with Crippen molar-refractivity contribution in [2.45, 2.75) is 6.42 Å². The lowest BCUT2D eigenvalue weighted by molar-refractivity contribution is -0.116. The van der Waals surface area contributed by atoms with Crippen LogP contribution < -0.4 is 14.4 Å². The second-order valence-corrected chi connectivity index (χ2v) is 7.25. The predicted octanol–water partition coefficient (Wildman–Crippen LogP) is 2.63. The Balaban J connectivity index is 2.06. The summed E-state index contributed by atoms with van der Waals surface area (Å²) in [6.07, 6.45) is 0.997. The van der Waals surface area contributed by atoms with Gasteiger partial charge < -0.3 is 10.1 Å². The number of carbonyl (C=O) groups is 1. The van der Waals surface area contributed by atoms with Crippen molar-refractivity contribution in [2.75, 3.05) is 29.5 Å². The number of halogens is 1. The van der Waals surface area contributed by atoms with Gasteiger partial charge in [0.15, 0.2) is 0 Å². The Bertz CT molecular complexity index is 838. The zero-order valence-corrected chi connectivity index (χ0v) is 14.7. The fraction of sp³-hybridized carbons (Fsp3) is 0.235. The Kier molecular flexibility index (Phi) is 5.97. The molecule has 0 aliphatic rings. The Morgan fingerprint density at radius 3 is 2.44 bits per heavy atom. The van der Waals surface area contributed by atoms with Crippen LogP contribution in [0.25, 0.3) is 0 Å². The third kappa shape index (κ3) is 5.46. The average Bonchev–Trinajstić information content (AvgIpc) is 2.54. The van der Waals surface area contributed by atoms with Crippen LogP contribution in [0.4, 0.5) is 15.8 Å². The van der Waals surface area contributed by atoms with E-state index in [1.165, 1.54) is 25.3 Å². The fourth-order valence-corrected chi connectivity index (χ4v) is 3.16. The molecule has 1 N–H and O–H groups in total. The van der Waals surface area contributed by atoms with Gasteiger partial charge >= 0.3 is 0 Å². The number of hydrogen-bond acceptors (Lipinski definition) is 4. The second-order valence-electron chi connectivity index (χ2n) is 5.34. The fourth-order valence-electron chi connectivity index (χ4n) is 2.23. The normalized spacial score (nSPS) is 11.0. The Morgan fingerprint density at radius 2 is 1.88 bits per heavy atom. The predicted molar refractivity (Wildman–Crippen MR) is 94.8 cm³/mol. The summed E-state index contributed by atoms with van der Waals surface area (Å²) in [6.45, 7) is -0.0354. The summed E-state index contributed by atoms with van der Waals surface area (Å²) in [4.78, 5) is 12.0. The molecule has 0 radical (unpaired) electrons. The minimum absolute atomic E-state index is 0.0354. The minimum atomic E-state index is -3.56. The van der Waals surface area contributed by atoms with Gasteiger partial charge in [0.25, 0.3) is 0 Å². The molecule has 1 amide bonds. The topological polar surface area (TPSA) is 75.7 Å². The number of rotatable bonds is 7. The summed E-state index contributed by atoms with van der Waals surface area (Å²) in [5.41, 5.74) is 0.752. The number of methoxy groups -OCH3 is 1. The molecule has 0 fully saturated rings. The van der Waals surface area contributed by atoms with Gasteiger partial charge in [-0.2, -0.15) is 0 Å². The SMILES string of the molecule is COc1ccc(N(CCC(=O)Nc2cccc(F)c2)S(C)(=O)=O)cc1. The van der Waals surface area contributed by atoms with Crippen LogP contribution in [0, 0.1) is 5.82 Å². The molecule has 134 valence electrons. The van der Waals surface area contributed by atoms with Crippen LogP contribution in [-0.2, 0) is 14.8 Å².